The molecule has 24 heteroatoms. The molecular weight excluding hydrogens is 1680 g/mol. The average Bonchev–Trinajstić information content (AvgIpc) is 0.644. The summed E-state index contributed by atoms with van der Waals surface area (Å²) in [6.45, 7) is 44.3. The highest BCUT2D eigenvalue weighted by Gasteiger charge is 2.17. The normalized spacial score (nSPS) is 9.92. The summed E-state index contributed by atoms with van der Waals surface area (Å²) in [4.78, 5) is 138. The fourth-order valence-electron chi connectivity index (χ4n) is 10.4. The maximum Gasteiger partial charge on any atom is 0.343 e. The van der Waals surface area contributed by atoms with Crippen LogP contribution in [0, 0.1) is 0 Å². The van der Waals surface area contributed by atoms with Crippen LogP contribution >= 0.6 is 0 Å². The zero-order valence-corrected chi connectivity index (χ0v) is 73.4. The molecule has 11 aromatic rings. The summed E-state index contributed by atoms with van der Waals surface area (Å²) in [5.41, 5.74) is 13.9. The van der Waals surface area contributed by atoms with Crippen molar-refractivity contribution in [2.24, 2.45) is 0 Å². The molecular formula is C108H94O24. The summed E-state index contributed by atoms with van der Waals surface area (Å²) < 4.78 is 61.1. The molecule has 11 rings (SSSR count). The molecule has 11 aromatic carbocycles. The highest BCUT2D eigenvalue weighted by atomic mass is 16.6. The summed E-state index contributed by atoms with van der Waals surface area (Å²) in [6.07, 6.45) is 4.47. The second kappa shape index (κ2) is 51.8. The molecule has 0 aliphatic carbocycles. The molecule has 0 spiro atoms. The van der Waals surface area contributed by atoms with E-state index < -0.39 is 71.6 Å². The number of ether oxygens (including phenoxy) is 12. The second-order valence-corrected chi connectivity index (χ2v) is 28.3. The van der Waals surface area contributed by atoms with Gasteiger partial charge in [0.1, 0.15) is 72.4 Å². The lowest BCUT2D eigenvalue weighted by Crippen LogP contribution is -2.14. The highest BCUT2D eigenvalue weighted by Crippen LogP contribution is 2.31. The largest absolute Gasteiger partial charge is 0.459 e. The summed E-state index contributed by atoms with van der Waals surface area (Å²) in [5.74, 6) is -2.48. The lowest BCUT2D eigenvalue weighted by atomic mass is 10.0. The standard InChI is InChI=1S/C30H26O8.C21H20O4.C20H18O4.C19H16O4.C18H14O4/c1-19(2)27(31)35-17-18-36-29(33)23-11-15-26(16-12-23)38-30(34)24-7-5-21(6-8-24)22-9-13-25(14-10-22)37-28(32)20(3)4;1-14(2)20(22)24-13-16-5-7-17(8-6-16)18-9-11-19(12-10-18)25-21(23)15(3)4;1-13(2)19(21)23-17-9-5-15(6-10-17)16-7-11-18(12-8-16)24-20(22)14(3)4;1-3-18(20)22-13-14-5-7-15(8-6-14)16-9-11-17(12-10-16)23-19(21)4-2;1-3-17(19)21-15-9-5-13(6-10-15)14-7-11-16(12-8-14)22-18(20)4-2/h5-16H,1,3,17-18H2,2,4H3;5-12H,1,3,13H2,2,4H3;5-12H,1,3H2,2,4H3;3-12H,1-2,13H2;3-12H,1-2H2. The first-order valence-electron chi connectivity index (χ1n) is 40.1. The summed E-state index contributed by atoms with van der Waals surface area (Å²) >= 11 is 0. The minimum Gasteiger partial charge on any atom is -0.459 e. The Hall–Kier alpha value is -17.5. The van der Waals surface area contributed by atoms with Crippen LogP contribution in [-0.2, 0) is 80.1 Å². The summed E-state index contributed by atoms with van der Waals surface area (Å²) in [6, 6.07) is 77.7. The van der Waals surface area contributed by atoms with Crippen molar-refractivity contribution in [3.63, 3.8) is 0 Å². The van der Waals surface area contributed by atoms with E-state index in [0.29, 0.717) is 73.7 Å². The van der Waals surface area contributed by atoms with Gasteiger partial charge in [0.05, 0.1) is 11.1 Å². The van der Waals surface area contributed by atoms with E-state index in [1.54, 1.807) is 156 Å². The van der Waals surface area contributed by atoms with Gasteiger partial charge in [-0.15, -0.1) is 0 Å². The third-order valence-electron chi connectivity index (χ3n) is 17.5. The van der Waals surface area contributed by atoms with E-state index in [1.807, 2.05) is 121 Å². The smallest absolute Gasteiger partial charge is 0.343 e. The predicted molar refractivity (Wildman–Crippen MR) is 501 cm³/mol. The van der Waals surface area contributed by atoms with Crippen LogP contribution in [0.5, 0.6) is 46.0 Å². The number of rotatable bonds is 32. The Labute approximate surface area is 764 Å². The molecule has 0 unspecified atom stereocenters. The van der Waals surface area contributed by atoms with Crippen LogP contribution in [0.2, 0.25) is 0 Å². The zero-order chi connectivity index (χ0) is 96.3. The molecule has 670 valence electrons. The van der Waals surface area contributed by atoms with Crippen LogP contribution in [0.1, 0.15) is 73.4 Å². The maximum atomic E-state index is 12.5. The van der Waals surface area contributed by atoms with Gasteiger partial charge in [0.15, 0.2) is 0 Å². The molecule has 0 saturated heterocycles. The Kier molecular flexibility index (Phi) is 39.8. The minimum absolute atomic E-state index is 0.0812. The van der Waals surface area contributed by atoms with Crippen molar-refractivity contribution in [3.05, 3.63) is 413 Å². The first kappa shape index (κ1) is 102. The lowest BCUT2D eigenvalue weighted by molar-refractivity contribution is -0.140. The molecule has 0 fully saturated rings. The van der Waals surface area contributed by atoms with Gasteiger partial charge in [-0.3, -0.25) is 0 Å². The third-order valence-corrected chi connectivity index (χ3v) is 17.5. The van der Waals surface area contributed by atoms with Crippen molar-refractivity contribution in [1.82, 2.24) is 0 Å². The molecule has 0 amide bonds. The van der Waals surface area contributed by atoms with Gasteiger partial charge in [0, 0.05) is 57.7 Å². The molecule has 0 atom stereocenters. The average molecular weight is 1780 g/mol. The molecule has 24 nitrogen and oxygen atoms in total. The third kappa shape index (κ3) is 34.4. The van der Waals surface area contributed by atoms with Gasteiger partial charge in [0.25, 0.3) is 0 Å². The van der Waals surface area contributed by atoms with Crippen molar-refractivity contribution in [2.45, 2.75) is 54.8 Å². The second-order valence-electron chi connectivity index (χ2n) is 28.3. The molecule has 0 saturated carbocycles. The van der Waals surface area contributed by atoms with Crippen LogP contribution in [0.15, 0.2) is 390 Å². The fourth-order valence-corrected chi connectivity index (χ4v) is 10.4. The van der Waals surface area contributed by atoms with Crippen LogP contribution in [0.25, 0.3) is 55.6 Å². The van der Waals surface area contributed by atoms with E-state index in [-0.39, 0.29) is 43.3 Å². The van der Waals surface area contributed by atoms with Crippen LogP contribution in [-0.4, -0.2) is 84.8 Å². The summed E-state index contributed by atoms with van der Waals surface area (Å²) in [7, 11) is 0. The van der Waals surface area contributed by atoms with Crippen molar-refractivity contribution >= 4 is 71.6 Å². The van der Waals surface area contributed by atoms with Gasteiger partial charge < -0.3 is 56.8 Å². The Morgan fingerprint density at radius 1 is 0.205 bits per heavy atom. The number of carbonyl (C=O) groups excluding carboxylic acids is 12. The summed E-state index contributed by atoms with van der Waals surface area (Å²) in [5, 5.41) is 0. The quantitative estimate of drug-likeness (QED) is 0.0124. The monoisotopic (exact) mass is 1770 g/mol. The van der Waals surface area contributed by atoms with Gasteiger partial charge in [-0.2, -0.15) is 0 Å². The number of hydrogen-bond acceptors (Lipinski definition) is 24. The Morgan fingerprint density at radius 2 is 0.394 bits per heavy atom. The van der Waals surface area contributed by atoms with E-state index in [2.05, 4.69) is 65.8 Å². The molecule has 0 aliphatic heterocycles. The number of carbonyl (C=O) groups is 12. The zero-order valence-electron chi connectivity index (χ0n) is 73.4. The van der Waals surface area contributed by atoms with Crippen molar-refractivity contribution in [1.29, 1.82) is 0 Å². The Morgan fingerprint density at radius 3 is 0.644 bits per heavy atom. The first-order chi connectivity index (χ1) is 63.1. The van der Waals surface area contributed by atoms with E-state index in [9.17, 15) is 57.5 Å². The molecule has 0 aliphatic rings. The van der Waals surface area contributed by atoms with Gasteiger partial charge in [0.2, 0.25) is 0 Å². The first-order valence-corrected chi connectivity index (χ1v) is 40.1. The minimum atomic E-state index is -0.605. The maximum absolute atomic E-state index is 12.5. The van der Waals surface area contributed by atoms with E-state index in [0.717, 1.165) is 91.1 Å². The van der Waals surface area contributed by atoms with Crippen LogP contribution < -0.4 is 37.9 Å². The van der Waals surface area contributed by atoms with Gasteiger partial charge in [-0.1, -0.05) is 211 Å². The molecule has 0 aromatic heterocycles. The molecule has 0 radical (unpaired) electrons. The molecule has 0 N–H and O–H groups in total. The lowest BCUT2D eigenvalue weighted by Gasteiger charge is -2.08. The Balaban J connectivity index is 0.000000229. The highest BCUT2D eigenvalue weighted by molar-refractivity contribution is 5.95. The number of benzene rings is 11. The number of hydrogen-bond donors (Lipinski definition) is 0. The fraction of sp³-hybridized carbons (Fsp3) is 0.0926. The van der Waals surface area contributed by atoms with Gasteiger partial charge in [-0.25, -0.2) is 57.5 Å². The van der Waals surface area contributed by atoms with Crippen molar-refractivity contribution < 1.29 is 114 Å². The van der Waals surface area contributed by atoms with Crippen molar-refractivity contribution in [2.75, 3.05) is 13.2 Å². The predicted octanol–water partition coefficient (Wildman–Crippen LogP) is 21.3. The van der Waals surface area contributed by atoms with Crippen LogP contribution in [0.4, 0.5) is 0 Å². The van der Waals surface area contributed by atoms with Crippen molar-refractivity contribution in [3.8, 4) is 102 Å². The molecule has 0 heterocycles. The SMILES string of the molecule is C=C(C)C(=O)OCCOC(=O)c1ccc(OC(=O)c2ccc(-c3ccc(OC(=O)C(=C)C)cc3)cc2)cc1.C=C(C)C(=O)OCc1ccc(-c2ccc(OC(=O)C(=C)C)cc2)cc1.C=C(C)C(=O)Oc1ccc(-c2ccc(OC(=O)C(=C)C)cc2)cc1.C=CC(=O)OCc1ccc(-c2ccc(OC(=O)C=C)cc2)cc1.C=CC(=O)Oc1ccc(-c2ccc(OC(=O)C=C)cc2)cc1. The van der Waals surface area contributed by atoms with E-state index in [4.69, 9.17) is 56.8 Å². The van der Waals surface area contributed by atoms with Crippen LogP contribution in [0.3, 0.4) is 0 Å². The van der Waals surface area contributed by atoms with E-state index >= 15 is 0 Å². The Bertz CT molecular complexity index is 5930. The topological polar surface area (TPSA) is 316 Å². The molecule has 0 bridgehead atoms. The number of esters is 12. The van der Waals surface area contributed by atoms with Gasteiger partial charge >= 0.3 is 71.6 Å². The van der Waals surface area contributed by atoms with E-state index in [1.165, 1.54) is 31.2 Å². The molecule has 132 heavy (non-hydrogen) atoms. The van der Waals surface area contributed by atoms with Gasteiger partial charge in [-0.05, 0) is 230 Å².